The minimum atomic E-state index is -0.142. The monoisotopic (exact) mass is 342 g/mol. The van der Waals surface area contributed by atoms with Gasteiger partial charge in [0.25, 0.3) is 5.91 Å². The lowest BCUT2D eigenvalue weighted by Gasteiger charge is -2.19. The number of rotatable bonds is 5. The van der Waals surface area contributed by atoms with E-state index in [0.717, 1.165) is 16.6 Å². The Balaban J connectivity index is 1.65. The average molecular weight is 342 g/mol. The molecule has 3 aromatic carbocycles. The third-order valence-corrected chi connectivity index (χ3v) is 4.35. The second kappa shape index (κ2) is 7.19. The highest BCUT2D eigenvalue weighted by atomic mass is 16.1. The molecule has 0 saturated heterocycles. The van der Waals surface area contributed by atoms with Gasteiger partial charge in [0, 0.05) is 12.1 Å². The van der Waals surface area contributed by atoms with Gasteiger partial charge in [-0.25, -0.2) is 4.68 Å². The molecule has 0 fully saturated rings. The largest absolute Gasteiger partial charge is 0.350 e. The van der Waals surface area contributed by atoms with Crippen molar-refractivity contribution in [2.24, 2.45) is 0 Å². The van der Waals surface area contributed by atoms with Crippen molar-refractivity contribution in [1.82, 2.24) is 20.3 Å². The Bertz CT molecular complexity index is 1010. The highest BCUT2D eigenvalue weighted by Gasteiger charge is 2.19. The van der Waals surface area contributed by atoms with Crippen LogP contribution >= 0.6 is 0 Å². The van der Waals surface area contributed by atoms with Crippen molar-refractivity contribution in [2.45, 2.75) is 6.04 Å². The molecule has 0 aliphatic heterocycles. The van der Waals surface area contributed by atoms with Crippen LogP contribution in [-0.4, -0.2) is 27.4 Å². The van der Waals surface area contributed by atoms with E-state index in [2.05, 4.69) is 15.6 Å². The third kappa shape index (κ3) is 3.19. The normalized spacial score (nSPS) is 12.0. The Labute approximate surface area is 151 Å². The summed E-state index contributed by atoms with van der Waals surface area (Å²) in [4.78, 5) is 12.5. The van der Waals surface area contributed by atoms with Crippen LogP contribution in [0.4, 0.5) is 0 Å². The molecular weight excluding hydrogens is 324 g/mol. The van der Waals surface area contributed by atoms with Crippen LogP contribution in [0.2, 0.25) is 0 Å². The fraction of sp³-hybridized carbons (Fsp3) is 0.0952. The third-order valence-electron chi connectivity index (χ3n) is 4.35. The lowest BCUT2D eigenvalue weighted by Crippen LogP contribution is -2.31. The van der Waals surface area contributed by atoms with Crippen LogP contribution in [0, 0.1) is 0 Å². The molecule has 128 valence electrons. The number of para-hydroxylation sites is 1. The van der Waals surface area contributed by atoms with Gasteiger partial charge in [-0.15, -0.1) is 5.10 Å². The Morgan fingerprint density at radius 2 is 1.54 bits per heavy atom. The molecule has 1 unspecified atom stereocenters. The SMILES string of the molecule is O=C(NCC(c1ccccc1)n1nnc2ccccc21)c1ccccc1. The molecule has 26 heavy (non-hydrogen) atoms. The van der Waals surface area contributed by atoms with Gasteiger partial charge in [-0.2, -0.15) is 0 Å². The first-order valence-corrected chi connectivity index (χ1v) is 8.51. The van der Waals surface area contributed by atoms with Gasteiger partial charge in [0.15, 0.2) is 0 Å². The lowest BCUT2D eigenvalue weighted by molar-refractivity contribution is 0.0949. The van der Waals surface area contributed by atoms with Crippen LogP contribution in [0.15, 0.2) is 84.9 Å². The van der Waals surface area contributed by atoms with E-state index in [0.29, 0.717) is 12.1 Å². The molecule has 4 aromatic rings. The highest BCUT2D eigenvalue weighted by Crippen LogP contribution is 2.21. The number of carbonyl (C=O) groups is 1. The Morgan fingerprint density at radius 3 is 2.31 bits per heavy atom. The molecule has 0 aliphatic carbocycles. The highest BCUT2D eigenvalue weighted by molar-refractivity contribution is 5.94. The molecule has 0 saturated carbocycles. The number of hydrogen-bond donors (Lipinski definition) is 1. The van der Waals surface area contributed by atoms with Gasteiger partial charge in [0.05, 0.1) is 11.6 Å². The number of hydrogen-bond acceptors (Lipinski definition) is 3. The van der Waals surface area contributed by atoms with Gasteiger partial charge in [-0.1, -0.05) is 65.9 Å². The van der Waals surface area contributed by atoms with E-state index < -0.39 is 0 Å². The standard InChI is InChI=1S/C21H18N4O/c26-21(17-11-5-2-6-12-17)22-15-20(16-9-3-1-4-10-16)25-19-14-8-7-13-18(19)23-24-25/h1-14,20H,15H2,(H,22,26). The molecule has 5 nitrogen and oxygen atoms in total. The van der Waals surface area contributed by atoms with E-state index in [1.54, 1.807) is 12.1 Å². The smallest absolute Gasteiger partial charge is 0.251 e. The fourth-order valence-electron chi connectivity index (χ4n) is 3.02. The zero-order valence-electron chi connectivity index (χ0n) is 14.1. The van der Waals surface area contributed by atoms with E-state index in [9.17, 15) is 4.79 Å². The maximum Gasteiger partial charge on any atom is 0.251 e. The summed E-state index contributed by atoms with van der Waals surface area (Å²) in [7, 11) is 0. The number of aromatic nitrogens is 3. The van der Waals surface area contributed by atoms with Crippen LogP contribution in [0.25, 0.3) is 11.0 Å². The van der Waals surface area contributed by atoms with Crippen LogP contribution in [0.3, 0.4) is 0 Å². The van der Waals surface area contributed by atoms with Crippen molar-refractivity contribution in [2.75, 3.05) is 6.54 Å². The number of carbonyl (C=O) groups excluding carboxylic acids is 1. The van der Waals surface area contributed by atoms with Gasteiger partial charge < -0.3 is 5.32 Å². The predicted octanol–water partition coefficient (Wildman–Crippen LogP) is 3.45. The van der Waals surface area contributed by atoms with Gasteiger partial charge in [0.1, 0.15) is 5.52 Å². The average Bonchev–Trinajstić information content (AvgIpc) is 3.14. The van der Waals surface area contributed by atoms with Crippen molar-refractivity contribution >= 4 is 16.9 Å². The first-order valence-electron chi connectivity index (χ1n) is 8.51. The molecule has 1 aromatic heterocycles. The molecular formula is C21H18N4O. The topological polar surface area (TPSA) is 59.8 Å². The molecule has 0 spiro atoms. The molecule has 1 amide bonds. The van der Waals surface area contributed by atoms with E-state index in [1.807, 2.05) is 77.5 Å². The van der Waals surface area contributed by atoms with Crippen molar-refractivity contribution in [1.29, 1.82) is 0 Å². The quantitative estimate of drug-likeness (QED) is 0.604. The van der Waals surface area contributed by atoms with Crippen molar-refractivity contribution in [3.63, 3.8) is 0 Å². The molecule has 4 rings (SSSR count). The van der Waals surface area contributed by atoms with Gasteiger partial charge in [-0.05, 0) is 29.8 Å². The zero-order chi connectivity index (χ0) is 17.8. The molecule has 1 N–H and O–H groups in total. The Hall–Kier alpha value is -3.47. The van der Waals surface area contributed by atoms with Crippen molar-refractivity contribution in [3.05, 3.63) is 96.1 Å². The minimum Gasteiger partial charge on any atom is -0.350 e. The summed E-state index contributed by atoms with van der Waals surface area (Å²) < 4.78 is 1.87. The molecule has 0 radical (unpaired) electrons. The first kappa shape index (κ1) is 16.0. The molecule has 0 aliphatic rings. The van der Waals surface area contributed by atoms with Crippen LogP contribution in [-0.2, 0) is 0 Å². The summed E-state index contributed by atoms with van der Waals surface area (Å²) in [5.74, 6) is -0.101. The van der Waals surface area contributed by atoms with E-state index in [1.165, 1.54) is 0 Å². The predicted molar refractivity (Wildman–Crippen MR) is 101 cm³/mol. The van der Waals surface area contributed by atoms with E-state index in [-0.39, 0.29) is 11.9 Å². The van der Waals surface area contributed by atoms with Crippen LogP contribution < -0.4 is 5.32 Å². The molecule has 5 heteroatoms. The van der Waals surface area contributed by atoms with Gasteiger partial charge in [0.2, 0.25) is 0 Å². The summed E-state index contributed by atoms with van der Waals surface area (Å²) in [5, 5.41) is 11.6. The maximum atomic E-state index is 12.5. The Morgan fingerprint density at radius 1 is 0.885 bits per heavy atom. The Kier molecular flexibility index (Phi) is 4.43. The zero-order valence-corrected chi connectivity index (χ0v) is 14.1. The molecule has 1 heterocycles. The van der Waals surface area contributed by atoms with Crippen molar-refractivity contribution in [3.8, 4) is 0 Å². The summed E-state index contributed by atoms with van der Waals surface area (Å²) in [6, 6.07) is 26.9. The molecule has 1 atom stereocenters. The van der Waals surface area contributed by atoms with Crippen LogP contribution in [0.5, 0.6) is 0 Å². The number of fused-ring (bicyclic) bond motifs is 1. The van der Waals surface area contributed by atoms with E-state index in [4.69, 9.17) is 0 Å². The molecule has 0 bridgehead atoms. The second-order valence-electron chi connectivity index (χ2n) is 6.03. The fourth-order valence-corrected chi connectivity index (χ4v) is 3.02. The lowest BCUT2D eigenvalue weighted by atomic mass is 10.1. The first-order chi connectivity index (χ1) is 12.8. The van der Waals surface area contributed by atoms with E-state index >= 15 is 0 Å². The summed E-state index contributed by atoms with van der Waals surface area (Å²) in [6.45, 7) is 0.422. The summed E-state index contributed by atoms with van der Waals surface area (Å²) in [5.41, 5.74) is 3.48. The number of benzene rings is 3. The van der Waals surface area contributed by atoms with Gasteiger partial charge >= 0.3 is 0 Å². The van der Waals surface area contributed by atoms with Crippen molar-refractivity contribution < 1.29 is 4.79 Å². The maximum absolute atomic E-state index is 12.5. The van der Waals surface area contributed by atoms with Crippen LogP contribution in [0.1, 0.15) is 22.0 Å². The summed E-state index contributed by atoms with van der Waals surface area (Å²) in [6.07, 6.45) is 0. The number of amides is 1. The minimum absolute atomic E-state index is 0.101. The second-order valence-corrected chi connectivity index (χ2v) is 6.03. The summed E-state index contributed by atoms with van der Waals surface area (Å²) >= 11 is 0. The number of nitrogens with zero attached hydrogens (tertiary/aromatic N) is 3. The van der Waals surface area contributed by atoms with Gasteiger partial charge in [-0.3, -0.25) is 4.79 Å². The number of nitrogens with one attached hydrogen (secondary N) is 1.